The van der Waals surface area contributed by atoms with Crippen LogP contribution in [0.1, 0.15) is 10.5 Å². The minimum atomic E-state index is -0.573. The van der Waals surface area contributed by atoms with Crippen molar-refractivity contribution < 1.29 is 9.53 Å². The van der Waals surface area contributed by atoms with Crippen LogP contribution in [0.25, 0.3) is 10.8 Å². The van der Waals surface area contributed by atoms with Gasteiger partial charge in [-0.3, -0.25) is 4.79 Å². The van der Waals surface area contributed by atoms with Gasteiger partial charge in [-0.05, 0) is 34.1 Å². The number of esters is 1. The molecule has 1 heterocycles. The van der Waals surface area contributed by atoms with E-state index in [1.54, 1.807) is 18.2 Å². The van der Waals surface area contributed by atoms with E-state index in [-0.39, 0.29) is 11.3 Å². The van der Waals surface area contributed by atoms with Crippen molar-refractivity contribution in [3.05, 3.63) is 43.2 Å². The summed E-state index contributed by atoms with van der Waals surface area (Å²) in [6, 6.07) is 5.14. The van der Waals surface area contributed by atoms with Crippen molar-refractivity contribution in [2.24, 2.45) is 0 Å². The molecule has 0 spiro atoms. The lowest BCUT2D eigenvalue weighted by Gasteiger charge is -2.05. The second-order valence-corrected chi connectivity index (χ2v) is 5.03. The Balaban J connectivity index is 2.87. The number of benzene rings is 1. The maximum atomic E-state index is 11.9. The molecule has 0 bridgehead atoms. The number of hydrogen-bond donors (Lipinski definition) is 1. The molecule has 17 heavy (non-hydrogen) atoms. The average molecular weight is 361 g/mol. The molecule has 0 aliphatic carbocycles. The number of aromatic amines is 1. The molecule has 2 aromatic rings. The van der Waals surface area contributed by atoms with Crippen LogP contribution in [0.2, 0.25) is 0 Å². The van der Waals surface area contributed by atoms with Gasteiger partial charge in [0.2, 0.25) is 0 Å². The highest BCUT2D eigenvalue weighted by molar-refractivity contribution is 9.11. The maximum absolute atomic E-state index is 11.9. The van der Waals surface area contributed by atoms with E-state index in [1.807, 2.05) is 0 Å². The van der Waals surface area contributed by atoms with Gasteiger partial charge in [0.1, 0.15) is 5.69 Å². The molecular weight excluding hydrogens is 354 g/mol. The van der Waals surface area contributed by atoms with Crippen LogP contribution in [-0.4, -0.2) is 18.1 Å². The van der Waals surface area contributed by atoms with E-state index in [0.29, 0.717) is 15.2 Å². The smallest absolute Gasteiger partial charge is 0.354 e. The molecule has 4 nitrogen and oxygen atoms in total. The summed E-state index contributed by atoms with van der Waals surface area (Å²) >= 11 is 6.65. The fraction of sp³-hybridized carbons (Fsp3) is 0.0909. The van der Waals surface area contributed by atoms with E-state index in [1.165, 1.54) is 7.11 Å². The summed E-state index contributed by atoms with van der Waals surface area (Å²) in [5.41, 5.74) is -0.208. The average Bonchev–Trinajstić information content (AvgIpc) is 2.32. The van der Waals surface area contributed by atoms with Gasteiger partial charge in [0.25, 0.3) is 5.56 Å². The lowest BCUT2D eigenvalue weighted by atomic mass is 10.1. The first kappa shape index (κ1) is 12.3. The van der Waals surface area contributed by atoms with Crippen molar-refractivity contribution in [2.75, 3.05) is 7.11 Å². The number of ether oxygens (including phenoxy) is 1. The Morgan fingerprint density at radius 3 is 2.59 bits per heavy atom. The highest BCUT2D eigenvalue weighted by atomic mass is 79.9. The molecule has 1 aromatic heterocycles. The zero-order valence-corrected chi connectivity index (χ0v) is 11.9. The van der Waals surface area contributed by atoms with E-state index in [9.17, 15) is 9.59 Å². The van der Waals surface area contributed by atoms with Crippen LogP contribution in [0.4, 0.5) is 0 Å². The van der Waals surface area contributed by atoms with Gasteiger partial charge in [-0.1, -0.05) is 15.9 Å². The van der Waals surface area contributed by atoms with Crippen LogP contribution in [0.5, 0.6) is 0 Å². The molecule has 0 amide bonds. The molecule has 0 saturated heterocycles. The van der Waals surface area contributed by atoms with Crippen LogP contribution in [0.15, 0.2) is 31.9 Å². The Morgan fingerprint density at radius 1 is 1.29 bits per heavy atom. The number of fused-ring (bicyclic) bond motifs is 1. The number of aromatic nitrogens is 1. The lowest BCUT2D eigenvalue weighted by molar-refractivity contribution is 0.0594. The van der Waals surface area contributed by atoms with Gasteiger partial charge in [0, 0.05) is 14.3 Å². The van der Waals surface area contributed by atoms with E-state index < -0.39 is 5.97 Å². The van der Waals surface area contributed by atoms with E-state index in [2.05, 4.69) is 41.6 Å². The minimum Gasteiger partial charge on any atom is -0.464 e. The molecule has 0 aliphatic heterocycles. The second-order valence-electron chi connectivity index (χ2n) is 3.32. The highest BCUT2D eigenvalue weighted by Crippen LogP contribution is 2.28. The number of H-pyrrole nitrogens is 1. The largest absolute Gasteiger partial charge is 0.464 e. The first-order valence-corrected chi connectivity index (χ1v) is 6.22. The molecule has 2 rings (SSSR count). The van der Waals surface area contributed by atoms with Crippen molar-refractivity contribution in [2.45, 2.75) is 0 Å². The zero-order valence-electron chi connectivity index (χ0n) is 8.71. The standard InChI is InChI=1S/C11H7Br2NO3/c1-17-11(16)8-4-5-6(12)2-3-7(13)9(5)10(15)14-8/h2-4H,1H3,(H,14,15). The molecule has 88 valence electrons. The SMILES string of the molecule is COC(=O)c1cc2c(Br)ccc(Br)c2c(=O)[nH]1. The number of rotatable bonds is 1. The van der Waals surface area contributed by atoms with Crippen LogP contribution in [0.3, 0.4) is 0 Å². The van der Waals surface area contributed by atoms with Crippen molar-refractivity contribution >= 4 is 48.6 Å². The van der Waals surface area contributed by atoms with Gasteiger partial charge < -0.3 is 9.72 Å². The fourth-order valence-corrected chi connectivity index (χ4v) is 2.50. The molecule has 0 fully saturated rings. The van der Waals surface area contributed by atoms with Gasteiger partial charge in [0.05, 0.1) is 12.5 Å². The van der Waals surface area contributed by atoms with Crippen molar-refractivity contribution in [3.63, 3.8) is 0 Å². The predicted octanol–water partition coefficient (Wildman–Crippen LogP) is 2.84. The van der Waals surface area contributed by atoms with E-state index in [0.717, 1.165) is 4.47 Å². The number of methoxy groups -OCH3 is 1. The van der Waals surface area contributed by atoms with E-state index in [4.69, 9.17) is 0 Å². The fourth-order valence-electron chi connectivity index (χ4n) is 1.52. The quantitative estimate of drug-likeness (QED) is 0.795. The number of hydrogen-bond acceptors (Lipinski definition) is 3. The first-order valence-electron chi connectivity index (χ1n) is 4.64. The number of pyridine rings is 1. The molecule has 1 N–H and O–H groups in total. The number of carbonyl (C=O) groups is 1. The third kappa shape index (κ3) is 2.14. The molecular formula is C11H7Br2NO3. The maximum Gasteiger partial charge on any atom is 0.354 e. The van der Waals surface area contributed by atoms with Crippen LogP contribution >= 0.6 is 31.9 Å². The van der Waals surface area contributed by atoms with Gasteiger partial charge in [-0.15, -0.1) is 0 Å². The monoisotopic (exact) mass is 359 g/mol. The van der Waals surface area contributed by atoms with Gasteiger partial charge in [-0.25, -0.2) is 4.79 Å². The summed E-state index contributed by atoms with van der Waals surface area (Å²) in [6.07, 6.45) is 0. The van der Waals surface area contributed by atoms with Crippen LogP contribution in [0, 0.1) is 0 Å². The summed E-state index contributed by atoms with van der Waals surface area (Å²) < 4.78 is 5.99. The molecule has 6 heteroatoms. The van der Waals surface area contributed by atoms with Crippen molar-refractivity contribution in [1.29, 1.82) is 0 Å². The third-order valence-corrected chi connectivity index (χ3v) is 3.66. The Labute approximate surface area is 113 Å². The highest BCUT2D eigenvalue weighted by Gasteiger charge is 2.13. The molecule has 0 aliphatic rings. The summed E-state index contributed by atoms with van der Waals surface area (Å²) in [5, 5.41) is 1.15. The van der Waals surface area contributed by atoms with Gasteiger partial charge in [0.15, 0.2) is 0 Å². The summed E-state index contributed by atoms with van der Waals surface area (Å²) in [4.78, 5) is 25.8. The second kappa shape index (κ2) is 4.62. The summed E-state index contributed by atoms with van der Waals surface area (Å²) in [5.74, 6) is -0.573. The van der Waals surface area contributed by atoms with E-state index >= 15 is 0 Å². The Kier molecular flexibility index (Phi) is 3.35. The normalized spacial score (nSPS) is 10.5. The molecule has 1 aromatic carbocycles. The lowest BCUT2D eigenvalue weighted by Crippen LogP contribution is -2.14. The third-order valence-electron chi connectivity index (χ3n) is 2.31. The Morgan fingerprint density at radius 2 is 1.94 bits per heavy atom. The zero-order chi connectivity index (χ0) is 12.6. The summed E-state index contributed by atoms with van der Waals surface area (Å²) in [7, 11) is 1.26. The number of carbonyl (C=O) groups excluding carboxylic acids is 1. The number of nitrogens with one attached hydrogen (secondary N) is 1. The minimum absolute atomic E-state index is 0.129. The molecule has 0 unspecified atom stereocenters. The predicted molar refractivity (Wildman–Crippen MR) is 71.3 cm³/mol. The van der Waals surface area contributed by atoms with Crippen molar-refractivity contribution in [1.82, 2.24) is 4.98 Å². The van der Waals surface area contributed by atoms with Crippen LogP contribution in [-0.2, 0) is 4.74 Å². The van der Waals surface area contributed by atoms with Gasteiger partial charge >= 0.3 is 5.97 Å². The molecule has 0 atom stereocenters. The van der Waals surface area contributed by atoms with Crippen molar-refractivity contribution in [3.8, 4) is 0 Å². The summed E-state index contributed by atoms with van der Waals surface area (Å²) in [6.45, 7) is 0. The molecule has 0 saturated carbocycles. The first-order chi connectivity index (χ1) is 8.04. The Hall–Kier alpha value is -1.14. The topological polar surface area (TPSA) is 59.2 Å². The molecule has 0 radical (unpaired) electrons. The Bertz CT molecular complexity index is 664. The van der Waals surface area contributed by atoms with Gasteiger partial charge in [-0.2, -0.15) is 0 Å². The van der Waals surface area contributed by atoms with Crippen LogP contribution < -0.4 is 5.56 Å². The number of halogens is 2.